The Morgan fingerprint density at radius 3 is 2.44 bits per heavy atom. The number of hydrogen-bond donors (Lipinski definition) is 2. The molecule has 0 aromatic rings. The second kappa shape index (κ2) is 4.71. The van der Waals surface area contributed by atoms with Crippen LogP contribution in [0, 0.1) is 0 Å². The zero-order valence-corrected chi connectivity index (χ0v) is 10.8. The van der Waals surface area contributed by atoms with E-state index in [4.69, 9.17) is 10.8 Å². The van der Waals surface area contributed by atoms with Gasteiger partial charge in [0.25, 0.3) is 0 Å². The fraction of sp³-hybridized carbons (Fsp3) is 0.900. The van der Waals surface area contributed by atoms with E-state index in [-0.39, 0.29) is 10.00 Å². The van der Waals surface area contributed by atoms with Gasteiger partial charge in [-0.2, -0.15) is 0 Å². The number of carboxylic acid groups (broad SMARTS) is 1. The fourth-order valence-electron chi connectivity index (χ4n) is 1.90. The minimum Gasteiger partial charge on any atom is -0.465 e. The van der Waals surface area contributed by atoms with Crippen LogP contribution in [0.15, 0.2) is 0 Å². The van der Waals surface area contributed by atoms with Crippen LogP contribution >= 0.6 is 0 Å². The highest BCUT2D eigenvalue weighted by Crippen LogP contribution is 2.25. The van der Waals surface area contributed by atoms with Crippen molar-refractivity contribution in [3.63, 3.8) is 0 Å². The van der Waals surface area contributed by atoms with E-state index >= 15 is 0 Å². The molecule has 1 rings (SSSR count). The smallest absolute Gasteiger partial charge is 0.408 e. The molecule has 0 saturated carbocycles. The summed E-state index contributed by atoms with van der Waals surface area (Å²) >= 11 is 0. The van der Waals surface area contributed by atoms with Crippen molar-refractivity contribution in [1.29, 1.82) is 0 Å². The molecule has 1 aliphatic heterocycles. The molecule has 0 bridgehead atoms. The summed E-state index contributed by atoms with van der Waals surface area (Å²) in [5, 5.41) is 8.87. The fourth-order valence-corrected chi connectivity index (χ4v) is 3.59. The Morgan fingerprint density at radius 2 is 2.06 bits per heavy atom. The first-order chi connectivity index (χ1) is 7.23. The number of piperidine rings is 1. The molecule has 94 valence electrons. The van der Waals surface area contributed by atoms with Gasteiger partial charge in [0.1, 0.15) is 0 Å². The molecular weight excluding hydrogens is 228 g/mol. The molecule has 1 aliphatic rings. The first-order valence-electron chi connectivity index (χ1n) is 5.39. The third-order valence-corrected chi connectivity index (χ3v) is 4.99. The molecule has 1 fully saturated rings. The first-order valence-corrected chi connectivity index (χ1v) is 6.60. The summed E-state index contributed by atoms with van der Waals surface area (Å²) in [4.78, 5) is 12.0. The SMILES string of the molecule is CC(C)(C)S(=O)C1CCN(C(=O)O)C(N)C1. The predicted molar refractivity (Wildman–Crippen MR) is 63.6 cm³/mol. The summed E-state index contributed by atoms with van der Waals surface area (Å²) in [6.07, 6.45) is -0.407. The van der Waals surface area contributed by atoms with Gasteiger partial charge in [-0.1, -0.05) is 0 Å². The first kappa shape index (κ1) is 13.4. The van der Waals surface area contributed by atoms with Gasteiger partial charge in [0.2, 0.25) is 0 Å². The highest BCUT2D eigenvalue weighted by atomic mass is 32.2. The van der Waals surface area contributed by atoms with Crippen LogP contribution in [0.2, 0.25) is 0 Å². The van der Waals surface area contributed by atoms with Crippen LogP contribution in [0.4, 0.5) is 4.79 Å². The van der Waals surface area contributed by atoms with Gasteiger partial charge in [0, 0.05) is 27.3 Å². The molecule has 1 amide bonds. The molecule has 0 radical (unpaired) electrons. The summed E-state index contributed by atoms with van der Waals surface area (Å²) in [5.41, 5.74) is 5.76. The van der Waals surface area contributed by atoms with E-state index in [1.807, 2.05) is 20.8 Å². The Labute approximate surface area is 98.4 Å². The Morgan fingerprint density at radius 1 is 1.50 bits per heavy atom. The number of amides is 1. The van der Waals surface area contributed by atoms with Crippen molar-refractivity contribution in [1.82, 2.24) is 4.90 Å². The second-order valence-electron chi connectivity index (χ2n) is 5.10. The number of nitrogens with zero attached hydrogens (tertiary/aromatic N) is 1. The minimum atomic E-state index is -0.993. The van der Waals surface area contributed by atoms with E-state index in [1.165, 1.54) is 4.90 Å². The Balaban J connectivity index is 2.65. The third-order valence-electron chi connectivity index (χ3n) is 2.75. The van der Waals surface area contributed by atoms with Gasteiger partial charge in [-0.25, -0.2) is 4.79 Å². The largest absolute Gasteiger partial charge is 0.465 e. The van der Waals surface area contributed by atoms with Gasteiger partial charge >= 0.3 is 6.09 Å². The van der Waals surface area contributed by atoms with Crippen LogP contribution in [0.25, 0.3) is 0 Å². The summed E-state index contributed by atoms with van der Waals surface area (Å²) in [6, 6.07) is 0. The molecule has 5 nitrogen and oxygen atoms in total. The van der Waals surface area contributed by atoms with Gasteiger partial charge in [-0.15, -0.1) is 0 Å². The van der Waals surface area contributed by atoms with E-state index in [2.05, 4.69) is 0 Å². The Bertz CT molecular complexity index is 301. The molecule has 0 aliphatic carbocycles. The average Bonchev–Trinajstić information content (AvgIpc) is 2.14. The standard InChI is InChI=1S/C10H20N2O3S/c1-10(2,3)16(15)7-4-5-12(9(13)14)8(11)6-7/h7-8H,4-6,11H2,1-3H3,(H,13,14). The van der Waals surface area contributed by atoms with Crippen LogP contribution in [0.3, 0.4) is 0 Å². The van der Waals surface area contributed by atoms with E-state index < -0.39 is 23.1 Å². The van der Waals surface area contributed by atoms with Crippen LogP contribution < -0.4 is 5.73 Å². The quantitative estimate of drug-likeness (QED) is 0.724. The van der Waals surface area contributed by atoms with Crippen molar-refractivity contribution in [2.24, 2.45) is 5.73 Å². The number of carbonyl (C=O) groups is 1. The number of hydrogen-bond acceptors (Lipinski definition) is 3. The summed E-state index contributed by atoms with van der Waals surface area (Å²) < 4.78 is 11.9. The van der Waals surface area contributed by atoms with Crippen LogP contribution in [-0.4, -0.2) is 43.0 Å². The van der Waals surface area contributed by atoms with Crippen molar-refractivity contribution in [2.75, 3.05) is 6.54 Å². The monoisotopic (exact) mass is 248 g/mol. The summed E-state index contributed by atoms with van der Waals surface area (Å²) in [5.74, 6) is 0. The molecular formula is C10H20N2O3S. The van der Waals surface area contributed by atoms with Crippen LogP contribution in [0.5, 0.6) is 0 Å². The third kappa shape index (κ3) is 2.95. The molecule has 0 aromatic heterocycles. The Hall–Kier alpha value is -0.620. The van der Waals surface area contributed by atoms with Gasteiger partial charge in [0.05, 0.1) is 6.17 Å². The summed E-state index contributed by atoms with van der Waals surface area (Å²) in [6.45, 7) is 6.16. The lowest BCUT2D eigenvalue weighted by atomic mass is 10.1. The van der Waals surface area contributed by atoms with E-state index in [0.717, 1.165) is 0 Å². The molecule has 3 atom stereocenters. The van der Waals surface area contributed by atoms with E-state index in [9.17, 15) is 9.00 Å². The van der Waals surface area contributed by atoms with Crippen LogP contribution in [0.1, 0.15) is 33.6 Å². The molecule has 1 heterocycles. The number of rotatable bonds is 1. The topological polar surface area (TPSA) is 83.6 Å². The van der Waals surface area contributed by atoms with E-state index in [1.54, 1.807) is 0 Å². The molecule has 1 saturated heterocycles. The van der Waals surface area contributed by atoms with Crippen molar-refractivity contribution in [3.8, 4) is 0 Å². The van der Waals surface area contributed by atoms with Crippen molar-refractivity contribution in [3.05, 3.63) is 0 Å². The molecule has 3 N–H and O–H groups in total. The van der Waals surface area contributed by atoms with Crippen molar-refractivity contribution < 1.29 is 14.1 Å². The molecule has 0 spiro atoms. The normalized spacial score (nSPS) is 28.9. The highest BCUT2D eigenvalue weighted by molar-refractivity contribution is 7.87. The number of nitrogens with two attached hydrogens (primary N) is 1. The van der Waals surface area contributed by atoms with Gasteiger partial charge in [-0.05, 0) is 33.6 Å². The van der Waals surface area contributed by atoms with Crippen molar-refractivity contribution in [2.45, 2.75) is 49.8 Å². The molecule has 3 unspecified atom stereocenters. The van der Waals surface area contributed by atoms with Gasteiger partial charge < -0.3 is 10.8 Å². The minimum absolute atomic E-state index is 0.00519. The molecule has 16 heavy (non-hydrogen) atoms. The molecule has 6 heteroatoms. The zero-order chi connectivity index (χ0) is 12.5. The van der Waals surface area contributed by atoms with Gasteiger partial charge in [0.15, 0.2) is 0 Å². The maximum atomic E-state index is 12.1. The van der Waals surface area contributed by atoms with Crippen LogP contribution in [-0.2, 0) is 10.8 Å². The van der Waals surface area contributed by atoms with Crippen molar-refractivity contribution >= 4 is 16.9 Å². The number of likely N-dealkylation sites (tertiary alicyclic amines) is 1. The van der Waals surface area contributed by atoms with E-state index in [0.29, 0.717) is 19.4 Å². The lowest BCUT2D eigenvalue weighted by Gasteiger charge is -2.37. The average molecular weight is 248 g/mol. The summed E-state index contributed by atoms with van der Waals surface area (Å²) in [7, 11) is -0.972. The molecule has 0 aromatic carbocycles. The highest BCUT2D eigenvalue weighted by Gasteiger charge is 2.35. The zero-order valence-electron chi connectivity index (χ0n) is 9.97. The lowest BCUT2D eigenvalue weighted by Crippen LogP contribution is -2.53. The Kier molecular flexibility index (Phi) is 3.96. The lowest BCUT2D eigenvalue weighted by molar-refractivity contribution is 0.110. The van der Waals surface area contributed by atoms with Gasteiger partial charge in [-0.3, -0.25) is 9.11 Å². The second-order valence-corrected chi connectivity index (χ2v) is 7.59. The maximum Gasteiger partial charge on any atom is 0.408 e. The predicted octanol–water partition coefficient (Wildman–Crippen LogP) is 0.961. The maximum absolute atomic E-state index is 12.1.